The fourth-order valence-corrected chi connectivity index (χ4v) is 5.79. The molecule has 10 nitrogen and oxygen atoms in total. The van der Waals surface area contributed by atoms with Crippen molar-refractivity contribution in [2.75, 3.05) is 13.1 Å². The van der Waals surface area contributed by atoms with Gasteiger partial charge in [0, 0.05) is 42.1 Å². The summed E-state index contributed by atoms with van der Waals surface area (Å²) in [5, 5.41) is 3.99. The summed E-state index contributed by atoms with van der Waals surface area (Å²) in [4.78, 5) is 45.9. The van der Waals surface area contributed by atoms with E-state index in [1.54, 1.807) is 17.0 Å². The van der Waals surface area contributed by atoms with Gasteiger partial charge < -0.3 is 28.8 Å². The number of rotatable bonds is 6. The Bertz CT molecular complexity index is 1700. The molecule has 1 fully saturated rings. The zero-order valence-electron chi connectivity index (χ0n) is 26.8. The fraction of sp³-hybridized carbons (Fsp3) is 0.471. The normalized spacial score (nSPS) is 15.9. The van der Waals surface area contributed by atoms with Crippen LogP contribution in [0.25, 0.3) is 33.5 Å². The first-order chi connectivity index (χ1) is 20.7. The summed E-state index contributed by atoms with van der Waals surface area (Å²) in [6.45, 7) is 14.8. The molecule has 2 aromatic heterocycles. The molecule has 234 valence electrons. The predicted octanol–water partition coefficient (Wildman–Crippen LogP) is 6.15. The quantitative estimate of drug-likeness (QED) is 0.266. The maximum absolute atomic E-state index is 13.7. The highest BCUT2D eigenvalue weighted by Gasteiger charge is 2.28. The van der Waals surface area contributed by atoms with Crippen LogP contribution in [0.5, 0.6) is 0 Å². The maximum Gasteiger partial charge on any atom is 0.407 e. The Morgan fingerprint density at radius 2 is 1.66 bits per heavy atom. The summed E-state index contributed by atoms with van der Waals surface area (Å²) in [6, 6.07) is 15.5. The minimum atomic E-state index is -0.629. The monoisotopic (exact) mass is 601 g/mol. The number of carbonyl (C=O) groups excluding carboxylic acids is 3. The van der Waals surface area contributed by atoms with Gasteiger partial charge in [0.1, 0.15) is 17.7 Å². The summed E-state index contributed by atoms with van der Waals surface area (Å²) >= 11 is 0. The average molecular weight is 602 g/mol. The average Bonchev–Trinajstić information content (AvgIpc) is 3.48. The number of fused-ring (bicyclic) bond motifs is 2. The van der Waals surface area contributed by atoms with E-state index in [0.717, 1.165) is 41.5 Å². The standard InChI is InChI=1S/C34H43N5O5/c1-8-38-26-14-10-9-12-22(26)19-28(38)30-36-25-18-23(15-16-27(25)39(30)21-29(40)43-33(2,3)4)31(41)37-17-11-13-24(20-37)35-32(42)44-34(5,6)7/h9-10,12,14-16,18-19,24H,8,11,13,17,20-21H2,1-7H3,(H,35,42)/t24-/m1/s1. The highest BCUT2D eigenvalue weighted by molar-refractivity contribution is 5.98. The number of ether oxygens (including phenoxy) is 2. The third-order valence-electron chi connectivity index (χ3n) is 7.49. The number of nitrogens with one attached hydrogen (secondary N) is 1. The van der Waals surface area contributed by atoms with Gasteiger partial charge in [-0.05, 0) is 91.6 Å². The van der Waals surface area contributed by atoms with Gasteiger partial charge in [-0.25, -0.2) is 9.78 Å². The summed E-state index contributed by atoms with van der Waals surface area (Å²) in [5.41, 5.74) is 2.59. The Kier molecular flexibility index (Phi) is 8.46. The summed E-state index contributed by atoms with van der Waals surface area (Å²) in [5.74, 6) is 0.135. The zero-order valence-corrected chi connectivity index (χ0v) is 26.8. The van der Waals surface area contributed by atoms with E-state index in [1.165, 1.54) is 0 Å². The van der Waals surface area contributed by atoms with Crippen molar-refractivity contribution < 1.29 is 23.9 Å². The van der Waals surface area contributed by atoms with E-state index >= 15 is 0 Å². The van der Waals surface area contributed by atoms with Crippen LogP contribution in [-0.4, -0.2) is 67.3 Å². The van der Waals surface area contributed by atoms with Crippen molar-refractivity contribution in [2.24, 2.45) is 0 Å². The first-order valence-corrected chi connectivity index (χ1v) is 15.3. The molecule has 0 spiro atoms. The number of para-hydroxylation sites is 1. The number of piperidine rings is 1. The SMILES string of the molecule is CCn1c(-c2nc3cc(C(=O)N4CCC[C@@H](NC(=O)OC(C)(C)C)C4)ccc3n2CC(=O)OC(C)(C)C)cc2ccccc21. The Morgan fingerprint density at radius 3 is 2.36 bits per heavy atom. The second kappa shape index (κ2) is 12.0. The van der Waals surface area contributed by atoms with Gasteiger partial charge in [-0.1, -0.05) is 18.2 Å². The lowest BCUT2D eigenvalue weighted by atomic mass is 10.0. The van der Waals surface area contributed by atoms with Crippen molar-refractivity contribution in [3.05, 3.63) is 54.1 Å². The third-order valence-corrected chi connectivity index (χ3v) is 7.49. The van der Waals surface area contributed by atoms with E-state index in [-0.39, 0.29) is 24.5 Å². The molecule has 44 heavy (non-hydrogen) atoms. The zero-order chi connectivity index (χ0) is 31.8. The molecule has 1 aliphatic heterocycles. The van der Waals surface area contributed by atoms with Crippen LogP contribution in [0.3, 0.4) is 0 Å². The van der Waals surface area contributed by atoms with Crippen molar-refractivity contribution in [3.63, 3.8) is 0 Å². The second-order valence-corrected chi connectivity index (χ2v) is 13.4. The van der Waals surface area contributed by atoms with E-state index in [2.05, 4.69) is 35.0 Å². The summed E-state index contributed by atoms with van der Waals surface area (Å²) in [6.07, 6.45) is 1.06. The van der Waals surface area contributed by atoms with Crippen LogP contribution in [0.2, 0.25) is 0 Å². The van der Waals surface area contributed by atoms with Gasteiger partial charge in [0.15, 0.2) is 5.82 Å². The second-order valence-electron chi connectivity index (χ2n) is 13.4. The van der Waals surface area contributed by atoms with Gasteiger partial charge in [-0.3, -0.25) is 9.59 Å². The molecule has 0 unspecified atom stereocenters. The Hall–Kier alpha value is -4.34. The topological polar surface area (TPSA) is 108 Å². The van der Waals surface area contributed by atoms with Crippen LogP contribution < -0.4 is 5.32 Å². The van der Waals surface area contributed by atoms with Crippen molar-refractivity contribution in [1.82, 2.24) is 24.3 Å². The van der Waals surface area contributed by atoms with Crippen molar-refractivity contribution >= 4 is 39.9 Å². The van der Waals surface area contributed by atoms with Crippen molar-refractivity contribution in [1.29, 1.82) is 0 Å². The van der Waals surface area contributed by atoms with E-state index in [9.17, 15) is 14.4 Å². The van der Waals surface area contributed by atoms with Crippen LogP contribution in [0, 0.1) is 0 Å². The fourth-order valence-electron chi connectivity index (χ4n) is 5.79. The minimum absolute atomic E-state index is 0.0220. The smallest absolute Gasteiger partial charge is 0.407 e. The van der Waals surface area contributed by atoms with Gasteiger partial charge in [0.2, 0.25) is 0 Å². The van der Waals surface area contributed by atoms with Gasteiger partial charge in [0.25, 0.3) is 5.91 Å². The number of benzene rings is 2. The number of imidazole rings is 1. The van der Waals surface area contributed by atoms with Gasteiger partial charge in [-0.15, -0.1) is 0 Å². The molecule has 4 aromatic rings. The molecule has 1 N–H and O–H groups in total. The lowest BCUT2D eigenvalue weighted by Crippen LogP contribution is -2.50. The van der Waals surface area contributed by atoms with Crippen LogP contribution in [0.4, 0.5) is 4.79 Å². The number of aryl methyl sites for hydroxylation is 1. The van der Waals surface area contributed by atoms with Crippen LogP contribution in [0.15, 0.2) is 48.5 Å². The van der Waals surface area contributed by atoms with E-state index in [0.29, 0.717) is 30.0 Å². The predicted molar refractivity (Wildman–Crippen MR) is 170 cm³/mol. The molecule has 2 amide bonds. The Labute approximate surface area is 258 Å². The number of hydrogen-bond acceptors (Lipinski definition) is 6. The van der Waals surface area contributed by atoms with Crippen LogP contribution >= 0.6 is 0 Å². The van der Waals surface area contributed by atoms with E-state index in [1.807, 2.05) is 64.3 Å². The van der Waals surface area contributed by atoms with Crippen molar-refractivity contribution in [3.8, 4) is 11.5 Å². The van der Waals surface area contributed by atoms with Gasteiger partial charge >= 0.3 is 12.1 Å². The van der Waals surface area contributed by atoms with Crippen molar-refractivity contribution in [2.45, 2.75) is 91.6 Å². The molecule has 1 atom stereocenters. The van der Waals surface area contributed by atoms with Gasteiger partial charge in [-0.2, -0.15) is 0 Å². The molecular formula is C34H43N5O5. The maximum atomic E-state index is 13.7. The highest BCUT2D eigenvalue weighted by Crippen LogP contribution is 2.31. The first kappa shape index (κ1) is 31.1. The molecular weight excluding hydrogens is 558 g/mol. The van der Waals surface area contributed by atoms with E-state index < -0.39 is 17.3 Å². The molecule has 5 rings (SSSR count). The first-order valence-electron chi connectivity index (χ1n) is 15.3. The molecule has 0 aliphatic carbocycles. The minimum Gasteiger partial charge on any atom is -0.459 e. The highest BCUT2D eigenvalue weighted by atomic mass is 16.6. The molecule has 0 radical (unpaired) electrons. The number of likely N-dealkylation sites (tertiary alicyclic amines) is 1. The van der Waals surface area contributed by atoms with E-state index in [4.69, 9.17) is 14.5 Å². The number of carbonyl (C=O) groups is 3. The number of hydrogen-bond donors (Lipinski definition) is 1. The molecule has 0 bridgehead atoms. The largest absolute Gasteiger partial charge is 0.459 e. The number of amides is 2. The third kappa shape index (κ3) is 6.90. The molecule has 1 aliphatic rings. The Morgan fingerprint density at radius 1 is 0.932 bits per heavy atom. The van der Waals surface area contributed by atoms with Gasteiger partial charge in [0.05, 0.1) is 16.7 Å². The van der Waals surface area contributed by atoms with Crippen LogP contribution in [-0.2, 0) is 27.4 Å². The number of alkyl carbamates (subject to hydrolysis) is 1. The molecule has 1 saturated heterocycles. The number of esters is 1. The molecule has 2 aromatic carbocycles. The Balaban J connectivity index is 1.48. The molecule has 0 saturated carbocycles. The summed E-state index contributed by atoms with van der Waals surface area (Å²) in [7, 11) is 0. The number of aromatic nitrogens is 3. The lowest BCUT2D eigenvalue weighted by molar-refractivity contribution is -0.155. The van der Waals surface area contributed by atoms with Crippen LogP contribution in [0.1, 0.15) is 71.7 Å². The lowest BCUT2D eigenvalue weighted by Gasteiger charge is -2.33. The molecule has 10 heteroatoms. The summed E-state index contributed by atoms with van der Waals surface area (Å²) < 4.78 is 15.1. The molecule has 3 heterocycles. The number of nitrogens with zero attached hydrogens (tertiary/aromatic N) is 4.